The van der Waals surface area contributed by atoms with Crippen molar-refractivity contribution in [1.82, 2.24) is 10.2 Å². The minimum absolute atomic E-state index is 0.0144. The highest BCUT2D eigenvalue weighted by atomic mass is 16.4. The smallest absolute Gasteiger partial charge is 0.317 e. The van der Waals surface area contributed by atoms with E-state index in [1.165, 1.54) is 12.8 Å². The highest BCUT2D eigenvalue weighted by molar-refractivity contribution is 5.76. The summed E-state index contributed by atoms with van der Waals surface area (Å²) in [5, 5.41) is 12.0. The molecule has 1 unspecified atom stereocenters. The Balaban J connectivity index is 2.60. The normalized spacial score (nSPS) is 16.4. The third-order valence-electron chi connectivity index (χ3n) is 3.56. The molecular formula is C16H30N2O3. The summed E-state index contributed by atoms with van der Waals surface area (Å²) in [5.41, 5.74) is -0.0144. The third-order valence-corrected chi connectivity index (χ3v) is 3.56. The van der Waals surface area contributed by atoms with Crippen LogP contribution in [0.4, 0.5) is 4.79 Å². The molecule has 0 aromatic carbocycles. The van der Waals surface area contributed by atoms with Gasteiger partial charge in [0.1, 0.15) is 0 Å². The summed E-state index contributed by atoms with van der Waals surface area (Å²) in [5.74, 6) is -0.225. The minimum atomic E-state index is -0.867. The van der Waals surface area contributed by atoms with E-state index in [0.29, 0.717) is 12.3 Å². The number of nitrogens with zero attached hydrogens (tertiary/aromatic N) is 1. The monoisotopic (exact) mass is 298 g/mol. The molecule has 0 aromatic heterocycles. The first-order valence-electron chi connectivity index (χ1n) is 7.98. The van der Waals surface area contributed by atoms with Gasteiger partial charge in [0.25, 0.3) is 0 Å². The maximum Gasteiger partial charge on any atom is 0.317 e. The van der Waals surface area contributed by atoms with Crippen molar-refractivity contribution in [2.75, 3.05) is 13.1 Å². The van der Waals surface area contributed by atoms with Gasteiger partial charge >= 0.3 is 12.0 Å². The molecule has 0 aromatic rings. The minimum Gasteiger partial charge on any atom is -0.481 e. The molecule has 1 aliphatic rings. The molecule has 1 rings (SSSR count). The van der Waals surface area contributed by atoms with Crippen LogP contribution < -0.4 is 5.32 Å². The van der Waals surface area contributed by atoms with E-state index in [4.69, 9.17) is 5.11 Å². The first kappa shape index (κ1) is 17.8. The van der Waals surface area contributed by atoms with Gasteiger partial charge in [-0.15, -0.1) is 0 Å². The van der Waals surface area contributed by atoms with Gasteiger partial charge in [-0.05, 0) is 37.0 Å². The number of urea groups is 1. The Bertz CT molecular complexity index is 359. The van der Waals surface area contributed by atoms with E-state index in [1.807, 2.05) is 4.90 Å². The Hall–Kier alpha value is -1.26. The molecule has 0 bridgehead atoms. The lowest BCUT2D eigenvalue weighted by molar-refractivity contribution is -0.137. The summed E-state index contributed by atoms with van der Waals surface area (Å²) in [7, 11) is 0. The van der Waals surface area contributed by atoms with Crippen molar-refractivity contribution in [1.29, 1.82) is 0 Å². The van der Waals surface area contributed by atoms with Crippen molar-refractivity contribution >= 4 is 12.0 Å². The van der Waals surface area contributed by atoms with Crippen LogP contribution >= 0.6 is 0 Å². The van der Waals surface area contributed by atoms with Crippen LogP contribution in [0, 0.1) is 11.3 Å². The molecule has 21 heavy (non-hydrogen) atoms. The lowest BCUT2D eigenvalue weighted by Crippen LogP contribution is -2.47. The number of amides is 2. The SMILES string of the molecule is CCCN(CC1CC1)C(=O)NC(CC(=O)O)CC(C)(C)C. The molecule has 1 aliphatic carbocycles. The molecular weight excluding hydrogens is 268 g/mol. The zero-order chi connectivity index (χ0) is 16.0. The lowest BCUT2D eigenvalue weighted by atomic mass is 9.87. The molecule has 0 heterocycles. The van der Waals surface area contributed by atoms with E-state index >= 15 is 0 Å². The number of nitrogens with one attached hydrogen (secondary N) is 1. The number of aliphatic carboxylic acids is 1. The first-order valence-corrected chi connectivity index (χ1v) is 7.98. The van der Waals surface area contributed by atoms with Crippen molar-refractivity contribution < 1.29 is 14.7 Å². The second-order valence-corrected chi connectivity index (χ2v) is 7.40. The molecule has 0 saturated heterocycles. The fraction of sp³-hybridized carbons (Fsp3) is 0.875. The molecule has 0 aliphatic heterocycles. The van der Waals surface area contributed by atoms with Crippen LogP contribution in [0.1, 0.15) is 59.8 Å². The lowest BCUT2D eigenvalue weighted by Gasteiger charge is -2.29. The van der Waals surface area contributed by atoms with Gasteiger partial charge in [-0.2, -0.15) is 0 Å². The van der Waals surface area contributed by atoms with Crippen molar-refractivity contribution in [2.24, 2.45) is 11.3 Å². The van der Waals surface area contributed by atoms with E-state index < -0.39 is 5.97 Å². The van der Waals surface area contributed by atoms with Gasteiger partial charge in [0.2, 0.25) is 0 Å². The van der Waals surface area contributed by atoms with E-state index in [2.05, 4.69) is 33.0 Å². The van der Waals surface area contributed by atoms with Crippen LogP contribution in [0.25, 0.3) is 0 Å². The quantitative estimate of drug-likeness (QED) is 0.723. The Labute approximate surface area is 128 Å². The van der Waals surface area contributed by atoms with Crippen molar-refractivity contribution in [3.8, 4) is 0 Å². The number of hydrogen-bond acceptors (Lipinski definition) is 2. The zero-order valence-corrected chi connectivity index (χ0v) is 13.8. The number of carboxylic acids is 1. The van der Waals surface area contributed by atoms with Crippen LogP contribution in [0.3, 0.4) is 0 Å². The van der Waals surface area contributed by atoms with E-state index in [1.54, 1.807) is 0 Å². The molecule has 2 amide bonds. The largest absolute Gasteiger partial charge is 0.481 e. The van der Waals surface area contributed by atoms with Crippen molar-refractivity contribution in [3.05, 3.63) is 0 Å². The summed E-state index contributed by atoms with van der Waals surface area (Å²) in [6.45, 7) is 9.76. The van der Waals surface area contributed by atoms with Crippen molar-refractivity contribution in [2.45, 2.75) is 65.8 Å². The molecule has 1 fully saturated rings. The van der Waals surface area contributed by atoms with E-state index in [0.717, 1.165) is 19.5 Å². The second-order valence-electron chi connectivity index (χ2n) is 7.40. The van der Waals surface area contributed by atoms with E-state index in [9.17, 15) is 9.59 Å². The fourth-order valence-electron chi connectivity index (χ4n) is 2.55. The zero-order valence-electron chi connectivity index (χ0n) is 13.8. The second kappa shape index (κ2) is 7.66. The van der Waals surface area contributed by atoms with Crippen LogP contribution in [0.2, 0.25) is 0 Å². The summed E-state index contributed by atoms with van der Waals surface area (Å²) < 4.78 is 0. The Kier molecular flexibility index (Phi) is 6.49. The molecule has 1 saturated carbocycles. The summed E-state index contributed by atoms with van der Waals surface area (Å²) in [6.07, 6.45) is 3.96. The summed E-state index contributed by atoms with van der Waals surface area (Å²) in [6, 6.07) is -0.423. The van der Waals surface area contributed by atoms with Gasteiger partial charge in [0, 0.05) is 19.1 Å². The van der Waals surface area contributed by atoms with Gasteiger partial charge < -0.3 is 15.3 Å². The van der Waals surface area contributed by atoms with Gasteiger partial charge in [-0.1, -0.05) is 27.7 Å². The number of carbonyl (C=O) groups is 2. The van der Waals surface area contributed by atoms with Gasteiger partial charge in [-0.25, -0.2) is 4.79 Å². The molecule has 2 N–H and O–H groups in total. The third kappa shape index (κ3) is 7.93. The Morgan fingerprint density at radius 3 is 2.38 bits per heavy atom. The number of hydrogen-bond donors (Lipinski definition) is 2. The summed E-state index contributed by atoms with van der Waals surface area (Å²) in [4.78, 5) is 25.2. The molecule has 0 radical (unpaired) electrons. The Morgan fingerprint density at radius 2 is 1.95 bits per heavy atom. The molecule has 1 atom stereocenters. The van der Waals surface area contributed by atoms with Gasteiger partial charge in [-0.3, -0.25) is 4.79 Å². The molecule has 0 spiro atoms. The topological polar surface area (TPSA) is 69.6 Å². The standard InChI is InChI=1S/C16H30N2O3/c1-5-8-18(11-12-6-7-12)15(21)17-13(9-14(19)20)10-16(2,3)4/h12-13H,5-11H2,1-4H3,(H,17,21)(H,19,20). The average Bonchev–Trinajstić information content (AvgIpc) is 3.08. The molecule has 5 nitrogen and oxygen atoms in total. The molecule has 122 valence electrons. The van der Waals surface area contributed by atoms with Crippen LogP contribution in [0.5, 0.6) is 0 Å². The van der Waals surface area contributed by atoms with Gasteiger partial charge in [0.05, 0.1) is 6.42 Å². The fourth-order valence-corrected chi connectivity index (χ4v) is 2.55. The molecule has 5 heteroatoms. The Morgan fingerprint density at radius 1 is 1.33 bits per heavy atom. The average molecular weight is 298 g/mol. The highest BCUT2D eigenvalue weighted by Gasteiger charge is 2.28. The highest BCUT2D eigenvalue weighted by Crippen LogP contribution is 2.30. The number of carbonyl (C=O) groups excluding carboxylic acids is 1. The summed E-state index contributed by atoms with van der Waals surface area (Å²) >= 11 is 0. The van der Waals surface area contributed by atoms with Crippen LogP contribution in [-0.2, 0) is 4.79 Å². The first-order chi connectivity index (χ1) is 9.71. The maximum atomic E-state index is 12.4. The van der Waals surface area contributed by atoms with Crippen LogP contribution in [-0.4, -0.2) is 41.1 Å². The van der Waals surface area contributed by atoms with Gasteiger partial charge in [0.15, 0.2) is 0 Å². The maximum absolute atomic E-state index is 12.4. The van der Waals surface area contributed by atoms with Crippen LogP contribution in [0.15, 0.2) is 0 Å². The number of rotatable bonds is 8. The van der Waals surface area contributed by atoms with Crippen molar-refractivity contribution in [3.63, 3.8) is 0 Å². The predicted molar refractivity (Wildman–Crippen MR) is 83.2 cm³/mol. The predicted octanol–water partition coefficient (Wildman–Crippen LogP) is 3.10. The number of carboxylic acid groups (broad SMARTS) is 1. The van der Waals surface area contributed by atoms with E-state index in [-0.39, 0.29) is 23.9 Å².